The van der Waals surface area contributed by atoms with E-state index in [1.165, 1.54) is 6.42 Å². The number of fused-ring (bicyclic) bond motifs is 1. The average molecular weight is 257 g/mol. The van der Waals surface area contributed by atoms with Crippen LogP contribution in [-0.2, 0) is 0 Å². The van der Waals surface area contributed by atoms with E-state index in [1.807, 2.05) is 36.2 Å². The highest BCUT2D eigenvalue weighted by Gasteiger charge is 2.28. The number of carboxylic acid groups (broad SMARTS) is 1. The SMILES string of the molecule is CN(c1c(C(=O)O)nnc2ccccc12)C1CCC1. The van der Waals surface area contributed by atoms with Crippen LogP contribution < -0.4 is 4.90 Å². The van der Waals surface area contributed by atoms with E-state index in [2.05, 4.69) is 10.2 Å². The molecule has 5 nitrogen and oxygen atoms in total. The summed E-state index contributed by atoms with van der Waals surface area (Å²) in [5.74, 6) is -1.03. The lowest BCUT2D eigenvalue weighted by atomic mass is 9.91. The third kappa shape index (κ3) is 1.91. The first-order valence-corrected chi connectivity index (χ1v) is 6.40. The first kappa shape index (κ1) is 11.9. The largest absolute Gasteiger partial charge is 0.476 e. The van der Waals surface area contributed by atoms with Crippen LogP contribution in [0.4, 0.5) is 5.69 Å². The molecule has 0 spiro atoms. The van der Waals surface area contributed by atoms with Crippen molar-refractivity contribution in [3.05, 3.63) is 30.0 Å². The van der Waals surface area contributed by atoms with Crippen molar-refractivity contribution in [2.75, 3.05) is 11.9 Å². The van der Waals surface area contributed by atoms with Crippen LogP contribution in [0, 0.1) is 0 Å². The van der Waals surface area contributed by atoms with Gasteiger partial charge in [0, 0.05) is 18.5 Å². The molecule has 5 heteroatoms. The number of aromatic nitrogens is 2. The Labute approximate surface area is 110 Å². The van der Waals surface area contributed by atoms with Gasteiger partial charge in [0.05, 0.1) is 11.2 Å². The number of hydrogen-bond acceptors (Lipinski definition) is 4. The number of rotatable bonds is 3. The van der Waals surface area contributed by atoms with Gasteiger partial charge in [0.15, 0.2) is 5.69 Å². The van der Waals surface area contributed by atoms with Crippen molar-refractivity contribution >= 4 is 22.6 Å². The molecule has 0 bridgehead atoms. The van der Waals surface area contributed by atoms with Gasteiger partial charge < -0.3 is 10.0 Å². The number of nitrogens with zero attached hydrogens (tertiary/aromatic N) is 3. The van der Waals surface area contributed by atoms with Gasteiger partial charge in [-0.05, 0) is 25.3 Å². The number of carboxylic acids is 1. The summed E-state index contributed by atoms with van der Waals surface area (Å²) in [6.45, 7) is 0. The lowest BCUT2D eigenvalue weighted by Crippen LogP contribution is -2.38. The van der Waals surface area contributed by atoms with Crippen LogP contribution in [0.15, 0.2) is 24.3 Å². The summed E-state index contributed by atoms with van der Waals surface area (Å²) in [5, 5.41) is 18.0. The minimum Gasteiger partial charge on any atom is -0.476 e. The second-order valence-electron chi connectivity index (χ2n) is 4.92. The zero-order chi connectivity index (χ0) is 13.4. The van der Waals surface area contributed by atoms with Crippen LogP contribution in [0.5, 0.6) is 0 Å². The van der Waals surface area contributed by atoms with Gasteiger partial charge in [0.2, 0.25) is 0 Å². The van der Waals surface area contributed by atoms with E-state index in [-0.39, 0.29) is 5.69 Å². The Morgan fingerprint density at radius 3 is 2.68 bits per heavy atom. The monoisotopic (exact) mass is 257 g/mol. The summed E-state index contributed by atoms with van der Waals surface area (Å²) in [4.78, 5) is 13.4. The summed E-state index contributed by atoms with van der Waals surface area (Å²) < 4.78 is 0. The molecule has 2 aromatic rings. The van der Waals surface area contributed by atoms with E-state index in [4.69, 9.17) is 0 Å². The maximum atomic E-state index is 11.4. The van der Waals surface area contributed by atoms with E-state index in [0.29, 0.717) is 11.7 Å². The molecule has 0 unspecified atom stereocenters. The van der Waals surface area contributed by atoms with Gasteiger partial charge >= 0.3 is 5.97 Å². The van der Waals surface area contributed by atoms with E-state index in [9.17, 15) is 9.90 Å². The molecule has 0 amide bonds. The summed E-state index contributed by atoms with van der Waals surface area (Å²) in [6.07, 6.45) is 3.41. The van der Waals surface area contributed by atoms with E-state index in [0.717, 1.165) is 23.7 Å². The maximum Gasteiger partial charge on any atom is 0.358 e. The molecule has 98 valence electrons. The fourth-order valence-corrected chi connectivity index (χ4v) is 2.50. The number of benzene rings is 1. The standard InChI is InChI=1S/C14H15N3O2/c1-17(9-5-4-6-9)13-10-7-2-3-8-11(10)15-16-12(13)14(18)19/h2-3,7-9H,4-6H2,1H3,(H,18,19). The predicted octanol–water partition coefficient (Wildman–Crippen LogP) is 2.32. The number of anilines is 1. The normalized spacial score (nSPS) is 15.2. The molecule has 1 aromatic heterocycles. The molecule has 0 aliphatic heterocycles. The van der Waals surface area contributed by atoms with Crippen molar-refractivity contribution in [3.63, 3.8) is 0 Å². The molecule has 1 heterocycles. The van der Waals surface area contributed by atoms with Gasteiger partial charge in [-0.1, -0.05) is 18.2 Å². The third-order valence-corrected chi connectivity index (χ3v) is 3.82. The molecule has 19 heavy (non-hydrogen) atoms. The summed E-state index contributed by atoms with van der Waals surface area (Å²) in [6, 6.07) is 7.94. The Bertz CT molecular complexity index is 638. The van der Waals surface area contributed by atoms with Crippen LogP contribution in [0.25, 0.3) is 10.9 Å². The summed E-state index contributed by atoms with van der Waals surface area (Å²) in [7, 11) is 1.94. The van der Waals surface area contributed by atoms with E-state index >= 15 is 0 Å². The molecule has 0 atom stereocenters. The van der Waals surface area contributed by atoms with Gasteiger partial charge in [-0.15, -0.1) is 10.2 Å². The number of carbonyl (C=O) groups is 1. The number of aromatic carboxylic acids is 1. The molecule has 1 aliphatic carbocycles. The second-order valence-corrected chi connectivity index (χ2v) is 4.92. The molecular formula is C14H15N3O2. The minimum atomic E-state index is -1.03. The molecule has 1 saturated carbocycles. The summed E-state index contributed by atoms with van der Waals surface area (Å²) in [5.41, 5.74) is 1.45. The van der Waals surface area contributed by atoms with Crippen molar-refractivity contribution in [1.82, 2.24) is 10.2 Å². The maximum absolute atomic E-state index is 11.4. The fourth-order valence-electron chi connectivity index (χ4n) is 2.50. The Morgan fingerprint density at radius 2 is 2.05 bits per heavy atom. The molecule has 1 aromatic carbocycles. The molecule has 1 N–H and O–H groups in total. The fraction of sp³-hybridized carbons (Fsp3) is 0.357. The van der Waals surface area contributed by atoms with Crippen LogP contribution in [0.3, 0.4) is 0 Å². The highest BCUT2D eigenvalue weighted by Crippen LogP contribution is 2.34. The van der Waals surface area contributed by atoms with E-state index in [1.54, 1.807) is 0 Å². The highest BCUT2D eigenvalue weighted by atomic mass is 16.4. The first-order valence-electron chi connectivity index (χ1n) is 6.40. The van der Waals surface area contributed by atoms with E-state index < -0.39 is 5.97 Å². The Kier molecular flexibility index (Phi) is 2.81. The van der Waals surface area contributed by atoms with Gasteiger partial charge in [0.1, 0.15) is 0 Å². The van der Waals surface area contributed by atoms with Crippen LogP contribution >= 0.6 is 0 Å². The van der Waals surface area contributed by atoms with Gasteiger partial charge in [-0.25, -0.2) is 4.79 Å². The Hall–Kier alpha value is -2.17. The molecular weight excluding hydrogens is 242 g/mol. The smallest absolute Gasteiger partial charge is 0.358 e. The summed E-state index contributed by atoms with van der Waals surface area (Å²) >= 11 is 0. The zero-order valence-electron chi connectivity index (χ0n) is 10.7. The molecule has 1 fully saturated rings. The molecule has 3 rings (SSSR count). The van der Waals surface area contributed by atoms with Gasteiger partial charge in [-0.3, -0.25) is 0 Å². The Balaban J connectivity index is 2.21. The highest BCUT2D eigenvalue weighted by molar-refractivity contribution is 6.02. The zero-order valence-corrected chi connectivity index (χ0v) is 10.7. The number of hydrogen-bond donors (Lipinski definition) is 1. The second kappa shape index (κ2) is 4.50. The van der Waals surface area contributed by atoms with Crippen LogP contribution in [0.1, 0.15) is 29.8 Å². The van der Waals surface area contributed by atoms with Crippen molar-refractivity contribution < 1.29 is 9.90 Å². The topological polar surface area (TPSA) is 66.3 Å². The Morgan fingerprint density at radius 1 is 1.32 bits per heavy atom. The van der Waals surface area contributed by atoms with Crippen molar-refractivity contribution in [2.45, 2.75) is 25.3 Å². The van der Waals surface area contributed by atoms with Gasteiger partial charge in [0.25, 0.3) is 0 Å². The molecule has 0 saturated heterocycles. The lowest BCUT2D eigenvalue weighted by molar-refractivity contribution is 0.0690. The first-order chi connectivity index (χ1) is 9.18. The quantitative estimate of drug-likeness (QED) is 0.914. The minimum absolute atomic E-state index is 0.0353. The molecule has 0 radical (unpaired) electrons. The van der Waals surface area contributed by atoms with Crippen molar-refractivity contribution in [1.29, 1.82) is 0 Å². The van der Waals surface area contributed by atoms with Crippen LogP contribution in [-0.4, -0.2) is 34.4 Å². The lowest BCUT2D eigenvalue weighted by Gasteiger charge is -2.37. The molecule has 1 aliphatic rings. The van der Waals surface area contributed by atoms with Crippen molar-refractivity contribution in [3.8, 4) is 0 Å². The van der Waals surface area contributed by atoms with Crippen molar-refractivity contribution in [2.24, 2.45) is 0 Å². The van der Waals surface area contributed by atoms with Crippen LogP contribution in [0.2, 0.25) is 0 Å². The third-order valence-electron chi connectivity index (χ3n) is 3.82. The van der Waals surface area contributed by atoms with Gasteiger partial charge in [-0.2, -0.15) is 0 Å². The average Bonchev–Trinajstić information content (AvgIpc) is 2.35. The predicted molar refractivity (Wildman–Crippen MR) is 72.5 cm³/mol.